The first kappa shape index (κ1) is 13.8. The second-order valence-electron chi connectivity index (χ2n) is 3.78. The highest BCUT2D eigenvalue weighted by Crippen LogP contribution is 2.23. The van der Waals surface area contributed by atoms with E-state index >= 15 is 0 Å². The molecule has 0 radical (unpaired) electrons. The number of anilines is 1. The van der Waals surface area contributed by atoms with Crippen LogP contribution in [-0.2, 0) is 11.3 Å². The Hall–Kier alpha value is -1.65. The van der Waals surface area contributed by atoms with Crippen LogP contribution in [-0.4, -0.2) is 13.1 Å². The summed E-state index contributed by atoms with van der Waals surface area (Å²) >= 11 is 11.8. The summed E-state index contributed by atoms with van der Waals surface area (Å²) in [4.78, 5) is 11.4. The van der Waals surface area contributed by atoms with E-state index in [1.54, 1.807) is 24.3 Å². The number of ether oxygens (including phenoxy) is 1. The Morgan fingerprint density at radius 1 is 1.32 bits per heavy atom. The molecular weight excluding hydrogens is 289 g/mol. The van der Waals surface area contributed by atoms with Crippen molar-refractivity contribution < 1.29 is 13.9 Å². The zero-order chi connectivity index (χ0) is 13.8. The van der Waals surface area contributed by atoms with Crippen molar-refractivity contribution in [1.29, 1.82) is 0 Å². The summed E-state index contributed by atoms with van der Waals surface area (Å²) in [6.07, 6.45) is 1.44. The minimum Gasteiger partial charge on any atom is -0.463 e. The van der Waals surface area contributed by atoms with E-state index in [-0.39, 0.29) is 5.76 Å². The van der Waals surface area contributed by atoms with E-state index in [1.165, 1.54) is 13.4 Å². The Kier molecular flexibility index (Phi) is 4.35. The van der Waals surface area contributed by atoms with Crippen molar-refractivity contribution in [3.05, 3.63) is 51.9 Å². The molecule has 19 heavy (non-hydrogen) atoms. The second kappa shape index (κ2) is 5.99. The van der Waals surface area contributed by atoms with Gasteiger partial charge in [-0.15, -0.1) is 0 Å². The lowest BCUT2D eigenvalue weighted by Gasteiger charge is -2.07. The van der Waals surface area contributed by atoms with Crippen LogP contribution in [0.15, 0.2) is 34.9 Å². The molecule has 0 amide bonds. The summed E-state index contributed by atoms with van der Waals surface area (Å²) in [5.74, 6) is -0.325. The average molecular weight is 300 g/mol. The van der Waals surface area contributed by atoms with Crippen LogP contribution < -0.4 is 5.32 Å². The van der Waals surface area contributed by atoms with Gasteiger partial charge in [0.05, 0.1) is 13.4 Å². The van der Waals surface area contributed by atoms with Crippen molar-refractivity contribution in [2.45, 2.75) is 6.54 Å². The molecule has 2 aromatic rings. The summed E-state index contributed by atoms with van der Waals surface area (Å²) in [5, 5.41) is 4.19. The van der Waals surface area contributed by atoms with Crippen LogP contribution in [0.4, 0.5) is 5.69 Å². The fourth-order valence-electron chi connectivity index (χ4n) is 1.60. The van der Waals surface area contributed by atoms with E-state index in [9.17, 15) is 4.79 Å². The van der Waals surface area contributed by atoms with Gasteiger partial charge in [0, 0.05) is 27.8 Å². The smallest absolute Gasteiger partial charge is 0.374 e. The van der Waals surface area contributed by atoms with Gasteiger partial charge in [0.25, 0.3) is 0 Å². The molecule has 0 spiro atoms. The lowest BCUT2D eigenvalue weighted by atomic mass is 10.2. The molecule has 4 nitrogen and oxygen atoms in total. The third kappa shape index (κ3) is 3.43. The largest absolute Gasteiger partial charge is 0.463 e. The van der Waals surface area contributed by atoms with Gasteiger partial charge in [0.1, 0.15) is 0 Å². The van der Waals surface area contributed by atoms with Gasteiger partial charge in [-0.3, -0.25) is 0 Å². The van der Waals surface area contributed by atoms with Gasteiger partial charge in [-0.2, -0.15) is 0 Å². The lowest BCUT2D eigenvalue weighted by molar-refractivity contribution is 0.0563. The van der Waals surface area contributed by atoms with Gasteiger partial charge in [-0.25, -0.2) is 4.79 Å². The maximum Gasteiger partial charge on any atom is 0.374 e. The topological polar surface area (TPSA) is 51.5 Å². The molecular formula is C13H11Cl2NO3. The molecule has 1 N–H and O–H groups in total. The Labute approximate surface area is 120 Å². The zero-order valence-electron chi connectivity index (χ0n) is 10.1. The fraction of sp³-hybridized carbons (Fsp3) is 0.154. The first-order valence-electron chi connectivity index (χ1n) is 5.45. The van der Waals surface area contributed by atoms with Crippen molar-refractivity contribution >= 4 is 34.9 Å². The van der Waals surface area contributed by atoms with E-state index < -0.39 is 5.97 Å². The molecule has 0 aliphatic carbocycles. The highest BCUT2D eigenvalue weighted by molar-refractivity contribution is 6.35. The second-order valence-corrected chi connectivity index (χ2v) is 4.65. The maximum atomic E-state index is 11.4. The van der Waals surface area contributed by atoms with E-state index in [0.717, 1.165) is 5.69 Å². The summed E-state index contributed by atoms with van der Waals surface area (Å²) in [7, 11) is 1.30. The standard InChI is InChI=1S/C13H11Cl2NO3/c1-18-13(17)12-8(2-3-19-12)7-16-11-5-9(14)4-10(15)6-11/h2-6,16H,7H2,1H3. The van der Waals surface area contributed by atoms with Gasteiger partial charge in [0.2, 0.25) is 5.76 Å². The molecule has 0 saturated heterocycles. The molecule has 0 fully saturated rings. The molecule has 0 aliphatic heterocycles. The molecule has 2 rings (SSSR count). The number of benzene rings is 1. The van der Waals surface area contributed by atoms with Crippen LogP contribution in [0.2, 0.25) is 10.0 Å². The molecule has 0 bridgehead atoms. The van der Waals surface area contributed by atoms with Crippen LogP contribution >= 0.6 is 23.2 Å². The van der Waals surface area contributed by atoms with Crippen LogP contribution in [0.3, 0.4) is 0 Å². The molecule has 0 atom stereocenters. The molecule has 6 heteroatoms. The highest BCUT2D eigenvalue weighted by Gasteiger charge is 2.15. The van der Waals surface area contributed by atoms with Gasteiger partial charge in [-0.05, 0) is 24.3 Å². The van der Waals surface area contributed by atoms with Gasteiger partial charge >= 0.3 is 5.97 Å². The summed E-state index contributed by atoms with van der Waals surface area (Å²) in [6.45, 7) is 0.400. The van der Waals surface area contributed by atoms with Gasteiger partial charge in [0.15, 0.2) is 0 Å². The van der Waals surface area contributed by atoms with Crippen molar-refractivity contribution in [3.8, 4) is 0 Å². The monoisotopic (exact) mass is 299 g/mol. The van der Waals surface area contributed by atoms with Crippen LogP contribution in [0.1, 0.15) is 16.1 Å². The number of hydrogen-bond acceptors (Lipinski definition) is 4. The molecule has 1 aromatic heterocycles. The Morgan fingerprint density at radius 2 is 2.00 bits per heavy atom. The Morgan fingerprint density at radius 3 is 2.63 bits per heavy atom. The number of hydrogen-bond donors (Lipinski definition) is 1. The van der Waals surface area contributed by atoms with E-state index in [4.69, 9.17) is 27.6 Å². The van der Waals surface area contributed by atoms with Crippen molar-refractivity contribution in [3.63, 3.8) is 0 Å². The molecule has 100 valence electrons. The SMILES string of the molecule is COC(=O)c1occc1CNc1cc(Cl)cc(Cl)c1. The predicted octanol–water partition coefficient (Wildman–Crippen LogP) is 3.99. The number of carbonyl (C=O) groups is 1. The Balaban J connectivity index is 2.10. The molecule has 0 saturated carbocycles. The van der Waals surface area contributed by atoms with E-state index in [0.29, 0.717) is 22.2 Å². The van der Waals surface area contributed by atoms with E-state index in [2.05, 4.69) is 10.1 Å². The summed E-state index contributed by atoms with van der Waals surface area (Å²) in [6, 6.07) is 6.83. The molecule has 1 aromatic carbocycles. The lowest BCUT2D eigenvalue weighted by Crippen LogP contribution is -2.06. The van der Waals surface area contributed by atoms with Crippen molar-refractivity contribution in [2.75, 3.05) is 12.4 Å². The number of methoxy groups -OCH3 is 1. The third-order valence-electron chi connectivity index (χ3n) is 2.46. The Bertz CT molecular complexity index is 575. The number of furan rings is 1. The fourth-order valence-corrected chi connectivity index (χ4v) is 2.13. The number of carbonyl (C=O) groups excluding carboxylic acids is 1. The van der Waals surface area contributed by atoms with Crippen LogP contribution in [0.25, 0.3) is 0 Å². The van der Waals surface area contributed by atoms with Crippen molar-refractivity contribution in [1.82, 2.24) is 0 Å². The van der Waals surface area contributed by atoms with Crippen LogP contribution in [0, 0.1) is 0 Å². The van der Waals surface area contributed by atoms with Gasteiger partial charge in [-0.1, -0.05) is 23.2 Å². The zero-order valence-corrected chi connectivity index (χ0v) is 11.6. The van der Waals surface area contributed by atoms with Crippen LogP contribution in [0.5, 0.6) is 0 Å². The molecule has 0 unspecified atom stereocenters. The summed E-state index contributed by atoms with van der Waals surface area (Å²) in [5.41, 5.74) is 1.46. The van der Waals surface area contributed by atoms with Crippen molar-refractivity contribution in [2.24, 2.45) is 0 Å². The first-order valence-corrected chi connectivity index (χ1v) is 6.20. The number of halogens is 2. The summed E-state index contributed by atoms with van der Waals surface area (Å²) < 4.78 is 9.71. The molecule has 0 aliphatic rings. The third-order valence-corrected chi connectivity index (χ3v) is 2.90. The number of esters is 1. The minimum absolute atomic E-state index is 0.183. The quantitative estimate of drug-likeness (QED) is 0.868. The van der Waals surface area contributed by atoms with Gasteiger partial charge < -0.3 is 14.5 Å². The number of nitrogens with one attached hydrogen (secondary N) is 1. The maximum absolute atomic E-state index is 11.4. The normalized spacial score (nSPS) is 10.3. The highest BCUT2D eigenvalue weighted by atomic mass is 35.5. The van der Waals surface area contributed by atoms with E-state index in [1.807, 2.05) is 0 Å². The minimum atomic E-state index is -0.508. The average Bonchev–Trinajstić information content (AvgIpc) is 2.82. The first-order chi connectivity index (χ1) is 9.10. The predicted molar refractivity (Wildman–Crippen MR) is 73.8 cm³/mol. The molecule has 1 heterocycles. The number of rotatable bonds is 4.